The van der Waals surface area contributed by atoms with Crippen LogP contribution in [0.1, 0.15) is 25.5 Å². The van der Waals surface area contributed by atoms with E-state index >= 15 is 0 Å². The van der Waals surface area contributed by atoms with Crippen molar-refractivity contribution in [2.24, 2.45) is 11.7 Å². The van der Waals surface area contributed by atoms with E-state index in [-0.39, 0.29) is 5.56 Å². The summed E-state index contributed by atoms with van der Waals surface area (Å²) in [5.74, 6) is 0.528. The van der Waals surface area contributed by atoms with Gasteiger partial charge in [0.05, 0.1) is 11.0 Å². The summed E-state index contributed by atoms with van der Waals surface area (Å²) in [5.41, 5.74) is 7.94. The first kappa shape index (κ1) is 14.2. The van der Waals surface area contributed by atoms with Crippen molar-refractivity contribution in [3.63, 3.8) is 0 Å². The third-order valence-electron chi connectivity index (χ3n) is 4.46. The molecule has 2 unspecified atom stereocenters. The number of nitrogens with zero attached hydrogens (tertiary/aromatic N) is 2. The highest BCUT2D eigenvalue weighted by Gasteiger charge is 2.25. The fourth-order valence-electron chi connectivity index (χ4n) is 3.04. The quantitative estimate of drug-likeness (QED) is 0.896. The summed E-state index contributed by atoms with van der Waals surface area (Å²) >= 11 is 0. The van der Waals surface area contributed by atoms with Crippen LogP contribution in [0.3, 0.4) is 0 Å². The number of nitrogens with one attached hydrogen (secondary N) is 1. The second kappa shape index (κ2) is 5.95. The molecule has 0 saturated carbocycles. The molecular weight excluding hydrogens is 264 g/mol. The number of fused-ring (bicyclic) bond motifs is 1. The molecule has 1 fully saturated rings. The molecule has 112 valence electrons. The van der Waals surface area contributed by atoms with Gasteiger partial charge in [-0.15, -0.1) is 0 Å². The van der Waals surface area contributed by atoms with Gasteiger partial charge in [0.2, 0.25) is 0 Å². The summed E-state index contributed by atoms with van der Waals surface area (Å²) in [6, 6.07) is 8.11. The van der Waals surface area contributed by atoms with Crippen LogP contribution in [-0.4, -0.2) is 34.0 Å². The summed E-state index contributed by atoms with van der Waals surface area (Å²) in [4.78, 5) is 22.0. The first-order valence-corrected chi connectivity index (χ1v) is 7.59. The molecular formula is C16H22N4O. The fraction of sp³-hybridized carbons (Fsp3) is 0.500. The summed E-state index contributed by atoms with van der Waals surface area (Å²) < 4.78 is 0. The van der Waals surface area contributed by atoms with Crippen LogP contribution in [0.2, 0.25) is 0 Å². The van der Waals surface area contributed by atoms with Crippen LogP contribution in [0.5, 0.6) is 0 Å². The average molecular weight is 286 g/mol. The minimum absolute atomic E-state index is 0.0872. The number of nitrogens with two attached hydrogens (primary N) is 1. The number of rotatable bonds is 3. The molecule has 0 radical (unpaired) electrons. The van der Waals surface area contributed by atoms with Gasteiger partial charge in [-0.3, -0.25) is 9.69 Å². The Balaban J connectivity index is 1.86. The molecule has 2 heterocycles. The molecule has 2 atom stereocenters. The number of aromatic nitrogens is 2. The normalized spacial score (nSPS) is 23.5. The summed E-state index contributed by atoms with van der Waals surface area (Å²) in [6.45, 7) is 4.47. The Kier molecular flexibility index (Phi) is 4.03. The lowest BCUT2D eigenvalue weighted by atomic mass is 9.93. The van der Waals surface area contributed by atoms with Gasteiger partial charge >= 0.3 is 0 Å². The molecule has 3 N–H and O–H groups in total. The van der Waals surface area contributed by atoms with Gasteiger partial charge < -0.3 is 10.7 Å². The monoisotopic (exact) mass is 286 g/mol. The highest BCUT2D eigenvalue weighted by Crippen LogP contribution is 2.22. The van der Waals surface area contributed by atoms with E-state index in [1.165, 1.54) is 6.42 Å². The third-order valence-corrected chi connectivity index (χ3v) is 4.46. The number of hydrogen-bond acceptors (Lipinski definition) is 4. The summed E-state index contributed by atoms with van der Waals surface area (Å²) in [7, 11) is 0. The van der Waals surface area contributed by atoms with E-state index < -0.39 is 0 Å². The van der Waals surface area contributed by atoms with E-state index in [1.54, 1.807) is 0 Å². The van der Waals surface area contributed by atoms with Gasteiger partial charge in [-0.2, -0.15) is 0 Å². The largest absolute Gasteiger partial charge is 0.330 e. The van der Waals surface area contributed by atoms with E-state index in [4.69, 9.17) is 5.73 Å². The smallest absolute Gasteiger partial charge is 0.271 e. The van der Waals surface area contributed by atoms with Crippen molar-refractivity contribution in [3.8, 4) is 0 Å². The number of aromatic amines is 1. The lowest BCUT2D eigenvalue weighted by molar-refractivity contribution is 0.111. The highest BCUT2D eigenvalue weighted by atomic mass is 16.1. The van der Waals surface area contributed by atoms with Crippen LogP contribution in [-0.2, 0) is 6.54 Å². The predicted molar refractivity (Wildman–Crippen MR) is 84.0 cm³/mol. The van der Waals surface area contributed by atoms with Gasteiger partial charge in [-0.05, 0) is 44.4 Å². The Hall–Kier alpha value is -1.72. The second-order valence-corrected chi connectivity index (χ2v) is 5.99. The van der Waals surface area contributed by atoms with Crippen molar-refractivity contribution < 1.29 is 0 Å². The first-order chi connectivity index (χ1) is 10.2. The third kappa shape index (κ3) is 2.99. The minimum atomic E-state index is -0.0872. The minimum Gasteiger partial charge on any atom is -0.330 e. The maximum absolute atomic E-state index is 12.2. The average Bonchev–Trinajstić information content (AvgIpc) is 2.50. The van der Waals surface area contributed by atoms with Crippen LogP contribution in [0, 0.1) is 5.92 Å². The van der Waals surface area contributed by atoms with Gasteiger partial charge in [0.1, 0.15) is 5.69 Å². The zero-order chi connectivity index (χ0) is 14.8. The Bertz CT molecular complexity index is 681. The Labute approximate surface area is 124 Å². The summed E-state index contributed by atoms with van der Waals surface area (Å²) in [6.07, 6.45) is 2.31. The molecule has 0 spiro atoms. The van der Waals surface area contributed by atoms with Gasteiger partial charge in [0.25, 0.3) is 5.56 Å². The second-order valence-electron chi connectivity index (χ2n) is 5.99. The molecule has 2 aromatic rings. The van der Waals surface area contributed by atoms with Crippen LogP contribution >= 0.6 is 0 Å². The molecule has 21 heavy (non-hydrogen) atoms. The van der Waals surface area contributed by atoms with E-state index in [0.717, 1.165) is 24.0 Å². The van der Waals surface area contributed by atoms with Crippen molar-refractivity contribution >= 4 is 11.0 Å². The molecule has 3 rings (SSSR count). The molecule has 1 aliphatic heterocycles. The molecule has 5 nitrogen and oxygen atoms in total. The van der Waals surface area contributed by atoms with Crippen molar-refractivity contribution in [3.05, 3.63) is 40.3 Å². The summed E-state index contributed by atoms with van der Waals surface area (Å²) in [5, 5.41) is 0. The number of piperidine rings is 1. The Morgan fingerprint density at radius 3 is 3.00 bits per heavy atom. The lowest BCUT2D eigenvalue weighted by Crippen LogP contribution is -2.44. The van der Waals surface area contributed by atoms with E-state index in [9.17, 15) is 4.79 Å². The van der Waals surface area contributed by atoms with Crippen molar-refractivity contribution in [2.45, 2.75) is 32.4 Å². The maximum Gasteiger partial charge on any atom is 0.271 e. The molecule has 5 heteroatoms. The van der Waals surface area contributed by atoms with Crippen molar-refractivity contribution in [2.75, 3.05) is 13.1 Å². The molecule has 0 aliphatic carbocycles. The fourth-order valence-corrected chi connectivity index (χ4v) is 3.04. The Morgan fingerprint density at radius 1 is 1.38 bits per heavy atom. The van der Waals surface area contributed by atoms with Crippen LogP contribution in [0.15, 0.2) is 29.1 Å². The number of hydrogen-bond donors (Lipinski definition) is 2. The number of H-pyrrole nitrogens is 1. The van der Waals surface area contributed by atoms with Crippen LogP contribution in [0.25, 0.3) is 11.0 Å². The SMILES string of the molecule is CC1CCC(CN)CN1Cc1nc2ccccc2[nH]c1=O. The first-order valence-electron chi connectivity index (χ1n) is 7.59. The zero-order valence-corrected chi connectivity index (χ0v) is 12.4. The molecule has 1 aromatic heterocycles. The van der Waals surface area contributed by atoms with Gasteiger partial charge in [0, 0.05) is 19.1 Å². The highest BCUT2D eigenvalue weighted by molar-refractivity contribution is 5.73. The van der Waals surface area contributed by atoms with Gasteiger partial charge in [-0.25, -0.2) is 4.98 Å². The van der Waals surface area contributed by atoms with Crippen LogP contribution in [0.4, 0.5) is 0 Å². The molecule has 1 aromatic carbocycles. The predicted octanol–water partition coefficient (Wildman–Crippen LogP) is 1.48. The van der Waals surface area contributed by atoms with E-state index in [2.05, 4.69) is 21.8 Å². The Morgan fingerprint density at radius 2 is 2.19 bits per heavy atom. The van der Waals surface area contributed by atoms with E-state index in [0.29, 0.717) is 30.7 Å². The van der Waals surface area contributed by atoms with Crippen LogP contribution < -0.4 is 11.3 Å². The molecule has 1 aliphatic rings. The molecule has 0 bridgehead atoms. The number of para-hydroxylation sites is 2. The number of likely N-dealkylation sites (tertiary alicyclic amines) is 1. The topological polar surface area (TPSA) is 75.0 Å². The van der Waals surface area contributed by atoms with E-state index in [1.807, 2.05) is 24.3 Å². The lowest BCUT2D eigenvalue weighted by Gasteiger charge is -2.37. The maximum atomic E-state index is 12.2. The molecule has 1 saturated heterocycles. The molecule has 0 amide bonds. The number of benzene rings is 1. The standard InChI is InChI=1S/C16H22N4O/c1-11-6-7-12(8-17)9-20(11)10-15-16(21)19-14-5-3-2-4-13(14)18-15/h2-5,11-12H,6-10,17H2,1H3,(H,19,21). The van der Waals surface area contributed by atoms with Crippen molar-refractivity contribution in [1.82, 2.24) is 14.9 Å². The van der Waals surface area contributed by atoms with Crippen molar-refractivity contribution in [1.29, 1.82) is 0 Å². The zero-order valence-electron chi connectivity index (χ0n) is 12.4. The van der Waals surface area contributed by atoms with Gasteiger partial charge in [-0.1, -0.05) is 12.1 Å². The van der Waals surface area contributed by atoms with Gasteiger partial charge in [0.15, 0.2) is 0 Å².